The Morgan fingerprint density at radius 1 is 0.500 bits per heavy atom. The third kappa shape index (κ3) is 24.1. The molecule has 0 aromatic carbocycles. The monoisotopic (exact) mass is 348 g/mol. The minimum atomic E-state index is -0.108. The lowest BCUT2D eigenvalue weighted by atomic mass is 10.1. The third-order valence-corrected chi connectivity index (χ3v) is 4.17. The van der Waals surface area contributed by atoms with E-state index in [1.54, 1.807) is 0 Å². The van der Waals surface area contributed by atoms with Crippen LogP contribution in [0.3, 0.4) is 0 Å². The van der Waals surface area contributed by atoms with Crippen molar-refractivity contribution in [2.75, 3.05) is 13.2 Å². The predicted molar refractivity (Wildman–Crippen MR) is 102 cm³/mol. The van der Waals surface area contributed by atoms with Gasteiger partial charge >= 0.3 is 0 Å². The summed E-state index contributed by atoms with van der Waals surface area (Å²) in [5, 5.41) is 35.9. The van der Waals surface area contributed by atoms with E-state index in [0.29, 0.717) is 0 Å². The molecule has 148 valence electrons. The SMILES string of the molecule is CCCCC(O)CCCCCO.CCCCC(O)CCCCCO. The summed E-state index contributed by atoms with van der Waals surface area (Å²) < 4.78 is 0. The molecule has 0 aliphatic rings. The van der Waals surface area contributed by atoms with Crippen LogP contribution in [0, 0.1) is 0 Å². The lowest BCUT2D eigenvalue weighted by molar-refractivity contribution is 0.146. The summed E-state index contributed by atoms with van der Waals surface area (Å²) in [6, 6.07) is 0. The van der Waals surface area contributed by atoms with Crippen molar-refractivity contribution in [1.82, 2.24) is 0 Å². The standard InChI is InChI=1S/2C10H22O2/c2*1-2-3-7-10(12)8-5-4-6-9-11/h2*10-12H,2-9H2,1H3. The maximum Gasteiger partial charge on any atom is 0.0540 e. The average molecular weight is 349 g/mol. The Bertz CT molecular complexity index is 190. The Labute approximate surface area is 150 Å². The first-order valence-corrected chi connectivity index (χ1v) is 10.2. The molecule has 0 spiro atoms. The maximum absolute atomic E-state index is 9.42. The van der Waals surface area contributed by atoms with E-state index in [9.17, 15) is 10.2 Å². The van der Waals surface area contributed by atoms with E-state index in [-0.39, 0.29) is 25.4 Å². The maximum atomic E-state index is 9.42. The molecule has 0 aliphatic heterocycles. The highest BCUT2D eigenvalue weighted by molar-refractivity contribution is 4.56. The average Bonchev–Trinajstić information content (AvgIpc) is 2.59. The van der Waals surface area contributed by atoms with Gasteiger partial charge < -0.3 is 20.4 Å². The largest absolute Gasteiger partial charge is 0.396 e. The van der Waals surface area contributed by atoms with Gasteiger partial charge in [0, 0.05) is 13.2 Å². The van der Waals surface area contributed by atoms with Gasteiger partial charge in [-0.25, -0.2) is 0 Å². The van der Waals surface area contributed by atoms with Gasteiger partial charge in [0.25, 0.3) is 0 Å². The van der Waals surface area contributed by atoms with E-state index in [4.69, 9.17) is 10.2 Å². The van der Waals surface area contributed by atoms with Crippen LogP contribution in [0.25, 0.3) is 0 Å². The molecular weight excluding hydrogens is 304 g/mol. The molecule has 0 fully saturated rings. The molecule has 4 N–H and O–H groups in total. The molecule has 0 radical (unpaired) electrons. The first kappa shape index (κ1) is 26.1. The molecule has 24 heavy (non-hydrogen) atoms. The Morgan fingerprint density at radius 3 is 1.12 bits per heavy atom. The summed E-state index contributed by atoms with van der Waals surface area (Å²) in [4.78, 5) is 0. The zero-order valence-corrected chi connectivity index (χ0v) is 16.3. The summed E-state index contributed by atoms with van der Waals surface area (Å²) >= 11 is 0. The van der Waals surface area contributed by atoms with Gasteiger partial charge in [-0.2, -0.15) is 0 Å². The van der Waals surface area contributed by atoms with Crippen molar-refractivity contribution in [2.24, 2.45) is 0 Å². The second kappa shape index (κ2) is 22.8. The van der Waals surface area contributed by atoms with Crippen LogP contribution < -0.4 is 0 Å². The molecule has 4 heteroatoms. The molecule has 0 saturated heterocycles. The zero-order chi connectivity index (χ0) is 18.5. The predicted octanol–water partition coefficient (Wildman–Crippen LogP) is 4.18. The van der Waals surface area contributed by atoms with Crippen LogP contribution in [0.5, 0.6) is 0 Å². The van der Waals surface area contributed by atoms with Crippen molar-refractivity contribution in [1.29, 1.82) is 0 Å². The van der Waals surface area contributed by atoms with E-state index in [2.05, 4.69) is 13.8 Å². The van der Waals surface area contributed by atoms with Crippen LogP contribution in [-0.2, 0) is 0 Å². The summed E-state index contributed by atoms with van der Waals surface area (Å²) in [5.41, 5.74) is 0. The smallest absolute Gasteiger partial charge is 0.0540 e. The topological polar surface area (TPSA) is 80.9 Å². The molecule has 2 unspecified atom stereocenters. The fourth-order valence-electron chi connectivity index (χ4n) is 2.51. The minimum Gasteiger partial charge on any atom is -0.396 e. The van der Waals surface area contributed by atoms with E-state index in [0.717, 1.165) is 89.9 Å². The molecule has 2 atom stereocenters. The number of aliphatic hydroxyl groups excluding tert-OH is 4. The van der Waals surface area contributed by atoms with Crippen molar-refractivity contribution in [2.45, 2.75) is 116 Å². The van der Waals surface area contributed by atoms with Crippen LogP contribution in [-0.4, -0.2) is 45.8 Å². The molecule has 0 bridgehead atoms. The zero-order valence-electron chi connectivity index (χ0n) is 16.3. The van der Waals surface area contributed by atoms with Gasteiger partial charge in [-0.05, 0) is 38.5 Å². The van der Waals surface area contributed by atoms with Crippen molar-refractivity contribution >= 4 is 0 Å². The van der Waals surface area contributed by atoms with Crippen molar-refractivity contribution < 1.29 is 20.4 Å². The molecule has 0 aromatic rings. The van der Waals surface area contributed by atoms with Crippen molar-refractivity contribution in [3.63, 3.8) is 0 Å². The van der Waals surface area contributed by atoms with Crippen LogP contribution in [0.4, 0.5) is 0 Å². The molecule has 4 nitrogen and oxygen atoms in total. The lowest BCUT2D eigenvalue weighted by Gasteiger charge is -2.08. The van der Waals surface area contributed by atoms with Gasteiger partial charge in [0.1, 0.15) is 0 Å². The Morgan fingerprint density at radius 2 is 0.833 bits per heavy atom. The van der Waals surface area contributed by atoms with Crippen molar-refractivity contribution in [3.8, 4) is 0 Å². The Kier molecular flexibility index (Phi) is 24.8. The number of rotatable bonds is 16. The fraction of sp³-hybridized carbons (Fsp3) is 1.00. The Balaban J connectivity index is 0. The second-order valence-corrected chi connectivity index (χ2v) is 6.74. The summed E-state index contributed by atoms with van der Waals surface area (Å²) in [5.74, 6) is 0. The summed E-state index contributed by atoms with van der Waals surface area (Å²) in [6.07, 6.45) is 14.0. The number of hydrogen-bond acceptors (Lipinski definition) is 4. The second-order valence-electron chi connectivity index (χ2n) is 6.74. The third-order valence-electron chi connectivity index (χ3n) is 4.17. The Hall–Kier alpha value is -0.160. The molecule has 0 saturated carbocycles. The quantitative estimate of drug-likeness (QED) is 0.315. The highest BCUT2D eigenvalue weighted by atomic mass is 16.3. The highest BCUT2D eigenvalue weighted by Gasteiger charge is 2.02. The van der Waals surface area contributed by atoms with Gasteiger partial charge in [0.05, 0.1) is 12.2 Å². The van der Waals surface area contributed by atoms with Crippen molar-refractivity contribution in [3.05, 3.63) is 0 Å². The van der Waals surface area contributed by atoms with E-state index >= 15 is 0 Å². The van der Waals surface area contributed by atoms with E-state index < -0.39 is 0 Å². The van der Waals surface area contributed by atoms with Gasteiger partial charge in [-0.15, -0.1) is 0 Å². The summed E-state index contributed by atoms with van der Waals surface area (Å²) in [6.45, 7) is 4.84. The molecule has 0 aliphatic carbocycles. The van der Waals surface area contributed by atoms with Crippen LogP contribution in [0.15, 0.2) is 0 Å². The molecule has 0 amide bonds. The normalized spacial score (nSPS) is 13.2. The summed E-state index contributed by atoms with van der Waals surface area (Å²) in [7, 11) is 0. The van der Waals surface area contributed by atoms with Gasteiger partial charge in [-0.1, -0.05) is 65.2 Å². The molecule has 0 heterocycles. The van der Waals surface area contributed by atoms with E-state index in [1.165, 1.54) is 0 Å². The number of hydrogen-bond donors (Lipinski definition) is 4. The first-order chi connectivity index (χ1) is 11.6. The van der Waals surface area contributed by atoms with Crippen LogP contribution >= 0.6 is 0 Å². The molecule has 0 aromatic heterocycles. The first-order valence-electron chi connectivity index (χ1n) is 10.2. The van der Waals surface area contributed by atoms with Crippen LogP contribution in [0.1, 0.15) is 104 Å². The van der Waals surface area contributed by atoms with Gasteiger partial charge in [0.2, 0.25) is 0 Å². The number of unbranched alkanes of at least 4 members (excludes halogenated alkanes) is 6. The fourth-order valence-corrected chi connectivity index (χ4v) is 2.51. The molecular formula is C20H44O4. The van der Waals surface area contributed by atoms with Crippen LogP contribution in [0.2, 0.25) is 0 Å². The molecule has 0 rings (SSSR count). The van der Waals surface area contributed by atoms with E-state index in [1.807, 2.05) is 0 Å². The van der Waals surface area contributed by atoms with Gasteiger partial charge in [0.15, 0.2) is 0 Å². The lowest BCUT2D eigenvalue weighted by Crippen LogP contribution is -2.05. The minimum absolute atomic E-state index is 0.108. The highest BCUT2D eigenvalue weighted by Crippen LogP contribution is 2.09. The van der Waals surface area contributed by atoms with Gasteiger partial charge in [-0.3, -0.25) is 0 Å². The number of aliphatic hydroxyl groups is 4.